The minimum atomic E-state index is 0.367. The van der Waals surface area contributed by atoms with E-state index in [1.54, 1.807) is 7.11 Å². The number of H-pyrrole nitrogens is 1. The highest BCUT2D eigenvalue weighted by Crippen LogP contribution is 2.37. The zero-order valence-corrected chi connectivity index (χ0v) is 16.5. The van der Waals surface area contributed by atoms with Crippen LogP contribution in [-0.2, 0) is 0 Å². The molecule has 0 spiro atoms. The minimum absolute atomic E-state index is 0.367. The van der Waals surface area contributed by atoms with E-state index in [0.717, 1.165) is 28.3 Å². The van der Waals surface area contributed by atoms with Gasteiger partial charge in [-0.3, -0.25) is 5.10 Å². The summed E-state index contributed by atoms with van der Waals surface area (Å²) in [6.07, 6.45) is 0. The maximum absolute atomic E-state index is 5.33. The van der Waals surface area contributed by atoms with Crippen molar-refractivity contribution in [3.8, 4) is 28.3 Å². The van der Waals surface area contributed by atoms with Gasteiger partial charge in [-0.05, 0) is 49.1 Å². The molecule has 2 aromatic heterocycles. The molecule has 0 atom stereocenters. The van der Waals surface area contributed by atoms with Crippen LogP contribution in [0.2, 0.25) is 0 Å². The first-order chi connectivity index (χ1) is 13.0. The summed E-state index contributed by atoms with van der Waals surface area (Å²) in [5.74, 6) is 2.11. The van der Waals surface area contributed by atoms with E-state index in [0.29, 0.717) is 5.92 Å². The van der Waals surface area contributed by atoms with Gasteiger partial charge in [0.1, 0.15) is 5.75 Å². The number of hydrogen-bond donors (Lipinski definition) is 1. The van der Waals surface area contributed by atoms with Gasteiger partial charge in [0, 0.05) is 16.7 Å². The molecule has 2 aromatic carbocycles. The molecular formula is C23H25N3O. The van der Waals surface area contributed by atoms with Crippen LogP contribution in [0.25, 0.3) is 28.2 Å². The van der Waals surface area contributed by atoms with E-state index in [4.69, 9.17) is 9.72 Å². The monoisotopic (exact) mass is 359 g/mol. The Bertz CT molecular complexity index is 1100. The number of aryl methyl sites for hydroxylation is 2. The number of benzene rings is 2. The largest absolute Gasteiger partial charge is 0.497 e. The summed E-state index contributed by atoms with van der Waals surface area (Å²) in [6, 6.07) is 16.7. The normalized spacial score (nSPS) is 11.5. The molecule has 4 aromatic rings. The summed E-state index contributed by atoms with van der Waals surface area (Å²) in [5.41, 5.74) is 8.20. The highest BCUT2D eigenvalue weighted by molar-refractivity contribution is 5.79. The van der Waals surface area contributed by atoms with Crippen molar-refractivity contribution in [2.24, 2.45) is 0 Å². The highest BCUT2D eigenvalue weighted by Gasteiger charge is 2.22. The predicted molar refractivity (Wildman–Crippen MR) is 111 cm³/mol. The fourth-order valence-corrected chi connectivity index (χ4v) is 3.85. The van der Waals surface area contributed by atoms with E-state index in [2.05, 4.69) is 73.7 Å². The number of nitrogens with one attached hydrogen (secondary N) is 1. The summed E-state index contributed by atoms with van der Waals surface area (Å²) >= 11 is 0. The van der Waals surface area contributed by atoms with Gasteiger partial charge < -0.3 is 4.74 Å². The highest BCUT2D eigenvalue weighted by atomic mass is 16.5. The number of aromatic nitrogens is 3. The molecule has 0 saturated carbocycles. The third kappa shape index (κ3) is 2.81. The number of aromatic amines is 1. The number of rotatable bonds is 4. The van der Waals surface area contributed by atoms with E-state index >= 15 is 0 Å². The average Bonchev–Trinajstić information content (AvgIpc) is 3.20. The molecule has 0 amide bonds. The van der Waals surface area contributed by atoms with Gasteiger partial charge in [-0.25, -0.2) is 9.50 Å². The Morgan fingerprint density at radius 1 is 1.04 bits per heavy atom. The molecule has 0 saturated heterocycles. The quantitative estimate of drug-likeness (QED) is 0.504. The van der Waals surface area contributed by atoms with Crippen LogP contribution in [0.1, 0.15) is 36.6 Å². The van der Waals surface area contributed by atoms with Crippen molar-refractivity contribution in [1.82, 2.24) is 14.6 Å². The van der Waals surface area contributed by atoms with Gasteiger partial charge in [-0.15, -0.1) is 0 Å². The van der Waals surface area contributed by atoms with Crippen LogP contribution in [0.3, 0.4) is 0 Å². The molecule has 0 aliphatic carbocycles. The van der Waals surface area contributed by atoms with Crippen LogP contribution in [-0.4, -0.2) is 21.7 Å². The van der Waals surface area contributed by atoms with Crippen molar-refractivity contribution in [2.45, 2.75) is 33.6 Å². The van der Waals surface area contributed by atoms with Crippen LogP contribution < -0.4 is 4.74 Å². The maximum atomic E-state index is 5.33. The molecule has 4 nitrogen and oxygen atoms in total. The van der Waals surface area contributed by atoms with Crippen molar-refractivity contribution >= 4 is 5.65 Å². The molecule has 27 heavy (non-hydrogen) atoms. The number of methoxy groups -OCH3 is 1. The Hall–Kier alpha value is -3.01. The van der Waals surface area contributed by atoms with Gasteiger partial charge in [0.25, 0.3) is 0 Å². The molecule has 0 radical (unpaired) electrons. The van der Waals surface area contributed by atoms with Crippen LogP contribution in [0, 0.1) is 13.8 Å². The zero-order chi connectivity index (χ0) is 19.1. The summed E-state index contributed by atoms with van der Waals surface area (Å²) < 4.78 is 7.48. The van der Waals surface area contributed by atoms with Gasteiger partial charge in [0.15, 0.2) is 11.5 Å². The lowest BCUT2D eigenvalue weighted by Crippen LogP contribution is -1.98. The lowest BCUT2D eigenvalue weighted by molar-refractivity contribution is 0.414. The second kappa shape index (κ2) is 6.62. The minimum Gasteiger partial charge on any atom is -0.497 e. The van der Waals surface area contributed by atoms with Gasteiger partial charge in [-0.2, -0.15) is 0 Å². The van der Waals surface area contributed by atoms with Gasteiger partial charge in [0.05, 0.1) is 12.8 Å². The Kier molecular flexibility index (Phi) is 4.27. The van der Waals surface area contributed by atoms with Crippen molar-refractivity contribution in [3.63, 3.8) is 0 Å². The van der Waals surface area contributed by atoms with Crippen molar-refractivity contribution in [1.29, 1.82) is 0 Å². The average molecular weight is 359 g/mol. The molecular weight excluding hydrogens is 334 g/mol. The summed E-state index contributed by atoms with van der Waals surface area (Å²) in [7, 11) is 1.69. The fourth-order valence-electron chi connectivity index (χ4n) is 3.85. The molecule has 4 rings (SSSR count). The van der Waals surface area contributed by atoms with Crippen molar-refractivity contribution < 1.29 is 4.74 Å². The number of nitrogens with zero attached hydrogens (tertiary/aromatic N) is 2. The molecule has 138 valence electrons. The smallest absolute Gasteiger partial charge is 0.157 e. The van der Waals surface area contributed by atoms with Crippen LogP contribution in [0.15, 0.2) is 48.5 Å². The van der Waals surface area contributed by atoms with Gasteiger partial charge in [0.2, 0.25) is 0 Å². The molecule has 2 heterocycles. The van der Waals surface area contributed by atoms with E-state index in [1.165, 1.54) is 22.4 Å². The number of fused-ring (bicyclic) bond motifs is 1. The molecule has 0 bridgehead atoms. The first kappa shape index (κ1) is 17.4. The third-order valence-corrected chi connectivity index (χ3v) is 5.15. The SMILES string of the molecule is COc1ccc(-c2nc3c(C)c(-c4ccccc4)c(C(C)C)n3[nH]2)c(C)c1. The molecule has 0 aliphatic heterocycles. The maximum Gasteiger partial charge on any atom is 0.157 e. The molecule has 0 unspecified atom stereocenters. The lowest BCUT2D eigenvalue weighted by Gasteiger charge is -2.10. The van der Waals surface area contributed by atoms with E-state index < -0.39 is 0 Å². The topological polar surface area (TPSA) is 42.3 Å². The van der Waals surface area contributed by atoms with Crippen LogP contribution >= 0.6 is 0 Å². The van der Waals surface area contributed by atoms with Crippen molar-refractivity contribution in [2.75, 3.05) is 7.11 Å². The van der Waals surface area contributed by atoms with Gasteiger partial charge >= 0.3 is 0 Å². The first-order valence-corrected chi connectivity index (χ1v) is 9.32. The van der Waals surface area contributed by atoms with Crippen LogP contribution in [0.4, 0.5) is 0 Å². The van der Waals surface area contributed by atoms with Crippen molar-refractivity contribution in [3.05, 3.63) is 65.4 Å². The Morgan fingerprint density at radius 2 is 1.78 bits per heavy atom. The second-order valence-electron chi connectivity index (χ2n) is 7.32. The molecule has 1 N–H and O–H groups in total. The second-order valence-corrected chi connectivity index (χ2v) is 7.32. The zero-order valence-electron chi connectivity index (χ0n) is 16.5. The predicted octanol–water partition coefficient (Wildman–Crippen LogP) is 5.75. The lowest BCUT2D eigenvalue weighted by atomic mass is 9.97. The first-order valence-electron chi connectivity index (χ1n) is 9.32. The Balaban J connectivity index is 1.93. The standard InChI is InChI=1S/C23H25N3O/c1-14(2)21-20(17-9-7-6-8-10-17)16(4)23-24-22(25-26(21)23)19-12-11-18(27-5)13-15(19)3/h6-14H,1-5H3,(H,24,25). The third-order valence-electron chi connectivity index (χ3n) is 5.15. The fraction of sp³-hybridized carbons (Fsp3) is 0.261. The molecule has 0 aliphatic rings. The summed E-state index contributed by atoms with van der Waals surface area (Å²) in [6.45, 7) is 8.70. The molecule has 0 fully saturated rings. The van der Waals surface area contributed by atoms with E-state index in [-0.39, 0.29) is 0 Å². The van der Waals surface area contributed by atoms with Gasteiger partial charge in [-0.1, -0.05) is 44.2 Å². The van der Waals surface area contributed by atoms with E-state index in [9.17, 15) is 0 Å². The summed E-state index contributed by atoms with van der Waals surface area (Å²) in [4.78, 5) is 4.95. The molecule has 4 heteroatoms. The summed E-state index contributed by atoms with van der Waals surface area (Å²) in [5, 5.41) is 3.54. The van der Waals surface area contributed by atoms with Crippen LogP contribution in [0.5, 0.6) is 5.75 Å². The number of hydrogen-bond acceptors (Lipinski definition) is 2. The Morgan fingerprint density at radius 3 is 2.41 bits per heavy atom. The Labute approximate surface area is 159 Å². The van der Waals surface area contributed by atoms with E-state index in [1.807, 2.05) is 12.1 Å². The number of ether oxygens (including phenoxy) is 1.